The fourth-order valence-corrected chi connectivity index (χ4v) is 3.02. The summed E-state index contributed by atoms with van der Waals surface area (Å²) in [4.78, 5) is 19.3. The summed E-state index contributed by atoms with van der Waals surface area (Å²) in [6.45, 7) is 0. The highest BCUT2D eigenvalue weighted by atomic mass is 16.7. The fraction of sp³-hybridized carbons (Fsp3) is 0.467. The molecule has 2 bridgehead atoms. The molecule has 3 rings (SSSR count). The second-order valence-corrected chi connectivity index (χ2v) is 5.36. The lowest BCUT2D eigenvalue weighted by molar-refractivity contribution is 0.0510. The number of fused-ring (bicyclic) bond motifs is 2. The quantitative estimate of drug-likeness (QED) is 0.604. The van der Waals surface area contributed by atoms with Crippen molar-refractivity contribution in [2.24, 2.45) is 5.16 Å². The Hall–Kier alpha value is -1.68. The zero-order valence-corrected chi connectivity index (χ0v) is 11.1. The van der Waals surface area contributed by atoms with E-state index >= 15 is 0 Å². The molecule has 2 aliphatic heterocycles. The third-order valence-corrected chi connectivity index (χ3v) is 4.19. The van der Waals surface area contributed by atoms with Gasteiger partial charge in [0.2, 0.25) is 0 Å². The molecule has 0 amide bonds. The number of nitrogens with zero attached hydrogens (tertiary/aromatic N) is 2. The minimum atomic E-state index is -0.376. The van der Waals surface area contributed by atoms with Crippen molar-refractivity contribution in [3.63, 3.8) is 0 Å². The molecule has 100 valence electrons. The molecule has 2 atom stereocenters. The van der Waals surface area contributed by atoms with E-state index in [9.17, 15) is 4.79 Å². The van der Waals surface area contributed by atoms with Crippen molar-refractivity contribution in [3.8, 4) is 0 Å². The van der Waals surface area contributed by atoms with Gasteiger partial charge in [-0.1, -0.05) is 23.4 Å². The van der Waals surface area contributed by atoms with Gasteiger partial charge in [-0.15, -0.1) is 0 Å². The van der Waals surface area contributed by atoms with E-state index in [2.05, 4.69) is 17.1 Å². The molecule has 2 fully saturated rings. The molecule has 0 aromatic heterocycles. The normalized spacial score (nSPS) is 26.3. The van der Waals surface area contributed by atoms with E-state index in [1.807, 2.05) is 18.2 Å². The molecule has 0 saturated carbocycles. The second kappa shape index (κ2) is 5.13. The van der Waals surface area contributed by atoms with Crippen LogP contribution in [-0.4, -0.2) is 35.7 Å². The summed E-state index contributed by atoms with van der Waals surface area (Å²) in [6, 6.07) is 10.1. The maximum Gasteiger partial charge on any atom is 0.365 e. The van der Waals surface area contributed by atoms with Gasteiger partial charge in [-0.2, -0.15) is 0 Å². The monoisotopic (exact) mass is 258 g/mol. The first-order chi connectivity index (χ1) is 9.24. The van der Waals surface area contributed by atoms with E-state index in [1.165, 1.54) is 12.8 Å². The first-order valence-electron chi connectivity index (χ1n) is 6.78. The molecule has 1 aromatic carbocycles. The van der Waals surface area contributed by atoms with Crippen LogP contribution in [0.5, 0.6) is 0 Å². The summed E-state index contributed by atoms with van der Waals surface area (Å²) in [7, 11) is 2.18. The molecule has 0 aliphatic carbocycles. The molecule has 4 nitrogen and oxygen atoms in total. The Balaban J connectivity index is 1.63. The van der Waals surface area contributed by atoms with Crippen LogP contribution in [0.4, 0.5) is 0 Å². The molecule has 2 saturated heterocycles. The summed E-state index contributed by atoms with van der Waals surface area (Å²) in [5, 5.41) is 4.08. The molecule has 0 N–H and O–H groups in total. The average molecular weight is 258 g/mol. The second-order valence-electron chi connectivity index (χ2n) is 5.36. The zero-order chi connectivity index (χ0) is 13.2. The maximum absolute atomic E-state index is 11.8. The molecule has 1 aromatic rings. The topological polar surface area (TPSA) is 41.9 Å². The number of rotatable bonds is 2. The van der Waals surface area contributed by atoms with Crippen LogP contribution in [-0.2, 0) is 4.84 Å². The number of oxime groups is 1. The van der Waals surface area contributed by atoms with Gasteiger partial charge < -0.3 is 4.84 Å². The minimum absolute atomic E-state index is 0.376. The number of hydrogen-bond acceptors (Lipinski definition) is 4. The van der Waals surface area contributed by atoms with Crippen LogP contribution in [0.2, 0.25) is 0 Å². The van der Waals surface area contributed by atoms with Crippen molar-refractivity contribution in [2.45, 2.75) is 37.8 Å². The molecule has 19 heavy (non-hydrogen) atoms. The summed E-state index contributed by atoms with van der Waals surface area (Å²) >= 11 is 0. The first kappa shape index (κ1) is 12.4. The Morgan fingerprint density at radius 1 is 1.21 bits per heavy atom. The van der Waals surface area contributed by atoms with Crippen LogP contribution in [0, 0.1) is 0 Å². The number of carbonyl (C=O) groups excluding carboxylic acids is 1. The van der Waals surface area contributed by atoms with Crippen LogP contribution in [0.15, 0.2) is 35.5 Å². The SMILES string of the molecule is CN1C2CCC1CC(=NOC(=O)c1ccccc1)C2. The van der Waals surface area contributed by atoms with Crippen LogP contribution >= 0.6 is 0 Å². The fourth-order valence-electron chi connectivity index (χ4n) is 3.02. The van der Waals surface area contributed by atoms with Gasteiger partial charge in [0.05, 0.1) is 11.3 Å². The Kier molecular flexibility index (Phi) is 3.34. The maximum atomic E-state index is 11.8. The highest BCUT2D eigenvalue weighted by molar-refractivity contribution is 5.91. The lowest BCUT2D eigenvalue weighted by atomic mass is 10.0. The van der Waals surface area contributed by atoms with E-state index in [0.29, 0.717) is 17.6 Å². The van der Waals surface area contributed by atoms with Gasteiger partial charge in [0, 0.05) is 24.9 Å². The van der Waals surface area contributed by atoms with E-state index in [-0.39, 0.29) is 5.97 Å². The van der Waals surface area contributed by atoms with Gasteiger partial charge in [-0.25, -0.2) is 4.79 Å². The zero-order valence-electron chi connectivity index (χ0n) is 11.1. The molecule has 2 heterocycles. The van der Waals surface area contributed by atoms with Crippen LogP contribution in [0.3, 0.4) is 0 Å². The lowest BCUT2D eigenvalue weighted by Gasteiger charge is -2.31. The van der Waals surface area contributed by atoms with Crippen molar-refractivity contribution in [3.05, 3.63) is 35.9 Å². The van der Waals surface area contributed by atoms with Crippen LogP contribution in [0.25, 0.3) is 0 Å². The molecule has 0 spiro atoms. The largest absolute Gasteiger partial charge is 0.365 e. The summed E-state index contributed by atoms with van der Waals surface area (Å²) in [5.74, 6) is -0.376. The van der Waals surface area contributed by atoms with Gasteiger partial charge >= 0.3 is 5.97 Å². The third-order valence-electron chi connectivity index (χ3n) is 4.19. The van der Waals surface area contributed by atoms with E-state index in [0.717, 1.165) is 18.6 Å². The third kappa shape index (κ3) is 2.54. The van der Waals surface area contributed by atoms with Gasteiger partial charge in [-0.3, -0.25) is 4.90 Å². The van der Waals surface area contributed by atoms with Crippen molar-refractivity contribution in [1.82, 2.24) is 4.90 Å². The van der Waals surface area contributed by atoms with Gasteiger partial charge in [-0.05, 0) is 32.0 Å². The molecule has 2 aliphatic rings. The van der Waals surface area contributed by atoms with E-state index in [4.69, 9.17) is 4.84 Å². The lowest BCUT2D eigenvalue weighted by Crippen LogP contribution is -2.40. The van der Waals surface area contributed by atoms with Crippen molar-refractivity contribution >= 4 is 11.7 Å². The van der Waals surface area contributed by atoms with Gasteiger partial charge in [0.1, 0.15) is 0 Å². The molecule has 0 radical (unpaired) electrons. The van der Waals surface area contributed by atoms with E-state index < -0.39 is 0 Å². The van der Waals surface area contributed by atoms with Crippen LogP contribution in [0.1, 0.15) is 36.0 Å². The smallest absolute Gasteiger partial charge is 0.313 e. The van der Waals surface area contributed by atoms with Crippen molar-refractivity contribution in [2.75, 3.05) is 7.05 Å². The average Bonchev–Trinajstić information content (AvgIpc) is 2.68. The molecular weight excluding hydrogens is 240 g/mol. The summed E-state index contributed by atoms with van der Waals surface area (Å²) < 4.78 is 0. The number of piperidine rings is 1. The Morgan fingerprint density at radius 2 is 1.84 bits per heavy atom. The Labute approximate surface area is 113 Å². The molecular formula is C15H18N2O2. The van der Waals surface area contributed by atoms with Gasteiger partial charge in [0.15, 0.2) is 0 Å². The number of carbonyl (C=O) groups is 1. The number of hydrogen-bond donors (Lipinski definition) is 0. The van der Waals surface area contributed by atoms with E-state index in [1.54, 1.807) is 12.1 Å². The summed E-state index contributed by atoms with van der Waals surface area (Å²) in [5.41, 5.74) is 1.57. The Bertz CT molecular complexity index is 482. The minimum Gasteiger partial charge on any atom is -0.313 e. The summed E-state index contributed by atoms with van der Waals surface area (Å²) in [6.07, 6.45) is 4.31. The highest BCUT2D eigenvalue weighted by Gasteiger charge is 2.36. The predicted molar refractivity (Wildman–Crippen MR) is 73.1 cm³/mol. The van der Waals surface area contributed by atoms with Gasteiger partial charge in [0.25, 0.3) is 0 Å². The Morgan fingerprint density at radius 3 is 2.47 bits per heavy atom. The van der Waals surface area contributed by atoms with Crippen LogP contribution < -0.4 is 0 Å². The first-order valence-corrected chi connectivity index (χ1v) is 6.78. The number of benzene rings is 1. The van der Waals surface area contributed by atoms with Crippen molar-refractivity contribution in [1.29, 1.82) is 0 Å². The highest BCUT2D eigenvalue weighted by Crippen LogP contribution is 2.32. The predicted octanol–water partition coefficient (Wildman–Crippen LogP) is 2.46. The van der Waals surface area contributed by atoms with Crippen molar-refractivity contribution < 1.29 is 9.63 Å². The molecule has 2 unspecified atom stereocenters. The molecule has 4 heteroatoms. The standard InChI is InChI=1S/C15H18N2O2/c1-17-13-7-8-14(17)10-12(9-13)16-19-15(18)11-5-3-2-4-6-11/h2-6,13-14H,7-10H2,1H3.